The second-order valence-electron chi connectivity index (χ2n) is 5.35. The third kappa shape index (κ3) is 6.06. The highest BCUT2D eigenvalue weighted by molar-refractivity contribution is 7.80. The molecule has 0 aliphatic rings. The van der Waals surface area contributed by atoms with E-state index in [0.29, 0.717) is 22.6 Å². The number of rotatable bonds is 5. The van der Waals surface area contributed by atoms with Gasteiger partial charge in [0.2, 0.25) is 5.91 Å². The van der Waals surface area contributed by atoms with Crippen LogP contribution in [0, 0.1) is 5.82 Å². The van der Waals surface area contributed by atoms with Gasteiger partial charge in [-0.25, -0.2) is 4.39 Å². The molecule has 28 heavy (non-hydrogen) atoms. The molecule has 0 atom stereocenters. The first-order chi connectivity index (χ1) is 13.4. The van der Waals surface area contributed by atoms with Crippen LogP contribution < -0.4 is 25.6 Å². The maximum atomic E-state index is 12.8. The molecule has 0 aliphatic carbocycles. The Morgan fingerprint density at radius 2 is 1.68 bits per heavy atom. The van der Waals surface area contributed by atoms with Gasteiger partial charge >= 0.3 is 0 Å². The molecule has 0 bridgehead atoms. The van der Waals surface area contributed by atoms with Gasteiger partial charge in [-0.05, 0) is 54.2 Å². The van der Waals surface area contributed by atoms with Crippen molar-refractivity contribution >= 4 is 35.2 Å². The van der Waals surface area contributed by atoms with Gasteiger partial charge in [0, 0.05) is 11.6 Å². The quantitative estimate of drug-likeness (QED) is 0.403. The number of benzene rings is 2. The number of nitrogens with one attached hydrogen (secondary N) is 3. The normalized spacial score (nSPS) is 10.2. The van der Waals surface area contributed by atoms with Crippen molar-refractivity contribution in [1.82, 2.24) is 16.2 Å². The zero-order chi connectivity index (χ0) is 20.5. The fourth-order valence-electron chi connectivity index (χ4n) is 2.09. The molecule has 0 radical (unpaired) electrons. The number of carbonyl (C=O) groups is 2. The van der Waals surface area contributed by atoms with E-state index in [9.17, 15) is 14.0 Å². The van der Waals surface area contributed by atoms with Crippen molar-refractivity contribution in [3.8, 4) is 11.5 Å². The van der Waals surface area contributed by atoms with E-state index in [-0.39, 0.29) is 10.9 Å². The van der Waals surface area contributed by atoms with Gasteiger partial charge < -0.3 is 9.47 Å². The molecule has 0 fully saturated rings. The van der Waals surface area contributed by atoms with Gasteiger partial charge in [0.25, 0.3) is 5.91 Å². The number of carbonyl (C=O) groups excluding carboxylic acids is 2. The number of thiocarbonyl (C=S) groups is 1. The Kier molecular flexibility index (Phi) is 7.46. The molecule has 146 valence electrons. The summed E-state index contributed by atoms with van der Waals surface area (Å²) in [5, 5.41) is 2.28. The van der Waals surface area contributed by atoms with Crippen LogP contribution in [-0.2, 0) is 4.79 Å². The summed E-state index contributed by atoms with van der Waals surface area (Å²) < 4.78 is 23.1. The first-order valence-electron chi connectivity index (χ1n) is 8.00. The van der Waals surface area contributed by atoms with Gasteiger partial charge in [-0.1, -0.05) is 12.1 Å². The molecular weight excluding hydrogens is 385 g/mol. The number of halogens is 1. The summed E-state index contributed by atoms with van der Waals surface area (Å²) >= 11 is 4.95. The summed E-state index contributed by atoms with van der Waals surface area (Å²) in [6, 6.07) is 10.3. The molecule has 0 aliphatic heterocycles. The first kappa shape index (κ1) is 20.8. The van der Waals surface area contributed by atoms with Crippen LogP contribution in [0.25, 0.3) is 6.08 Å². The van der Waals surface area contributed by atoms with Gasteiger partial charge in [0.1, 0.15) is 5.82 Å². The van der Waals surface area contributed by atoms with Crippen molar-refractivity contribution in [3.05, 3.63) is 65.5 Å². The molecule has 9 heteroatoms. The Balaban J connectivity index is 1.85. The standard InChI is InChI=1S/C19H18FN3O4S/c1-26-15-9-6-13(11-16(15)27-2)18(25)22-23-19(28)21-17(24)10-5-12-3-7-14(20)8-4-12/h3-11H,1-2H3,(H,22,25)(H2,21,23,24,28)/b10-5+. The summed E-state index contributed by atoms with van der Waals surface area (Å²) in [7, 11) is 2.95. The van der Waals surface area contributed by atoms with Crippen LogP contribution in [0.3, 0.4) is 0 Å². The lowest BCUT2D eigenvalue weighted by Crippen LogP contribution is -2.48. The molecule has 2 amide bonds. The number of amides is 2. The maximum Gasteiger partial charge on any atom is 0.269 e. The lowest BCUT2D eigenvalue weighted by molar-refractivity contribution is -0.115. The van der Waals surface area contributed by atoms with E-state index in [2.05, 4.69) is 16.2 Å². The van der Waals surface area contributed by atoms with Crippen molar-refractivity contribution in [2.75, 3.05) is 14.2 Å². The molecule has 0 spiro atoms. The number of hydrogen-bond acceptors (Lipinski definition) is 5. The molecule has 2 aromatic rings. The van der Waals surface area contributed by atoms with Crippen molar-refractivity contribution in [3.63, 3.8) is 0 Å². The lowest BCUT2D eigenvalue weighted by atomic mass is 10.2. The van der Waals surface area contributed by atoms with Gasteiger partial charge in [0.05, 0.1) is 14.2 Å². The molecule has 0 saturated carbocycles. The Hall–Kier alpha value is -3.46. The summed E-state index contributed by atoms with van der Waals surface area (Å²) in [6.07, 6.45) is 2.73. The van der Waals surface area contributed by atoms with Crippen LogP contribution in [0.4, 0.5) is 4.39 Å². The van der Waals surface area contributed by atoms with E-state index in [0.717, 1.165) is 0 Å². The largest absolute Gasteiger partial charge is 0.493 e. The van der Waals surface area contributed by atoms with E-state index in [1.54, 1.807) is 12.1 Å². The molecule has 0 unspecified atom stereocenters. The summed E-state index contributed by atoms with van der Waals surface area (Å²) in [5.41, 5.74) is 5.75. The van der Waals surface area contributed by atoms with E-state index >= 15 is 0 Å². The van der Waals surface area contributed by atoms with Crippen LogP contribution in [0.15, 0.2) is 48.5 Å². The summed E-state index contributed by atoms with van der Waals surface area (Å²) in [5.74, 6) is -0.474. The second-order valence-corrected chi connectivity index (χ2v) is 5.76. The maximum absolute atomic E-state index is 12.8. The van der Waals surface area contributed by atoms with Crippen molar-refractivity contribution < 1.29 is 23.5 Å². The zero-order valence-corrected chi connectivity index (χ0v) is 15.9. The predicted octanol–water partition coefficient (Wildman–Crippen LogP) is 2.19. The Morgan fingerprint density at radius 1 is 1.00 bits per heavy atom. The SMILES string of the molecule is COc1ccc(C(=O)NNC(=S)NC(=O)/C=C/c2ccc(F)cc2)cc1OC. The summed E-state index contributed by atoms with van der Waals surface area (Å²) in [4.78, 5) is 24.0. The van der Waals surface area contributed by atoms with Crippen molar-refractivity contribution in [1.29, 1.82) is 0 Å². The molecular formula is C19H18FN3O4S. The third-order valence-corrected chi connectivity index (χ3v) is 3.67. The molecule has 0 saturated heterocycles. The van der Waals surface area contributed by atoms with Crippen LogP contribution in [-0.4, -0.2) is 31.1 Å². The highest BCUT2D eigenvalue weighted by Crippen LogP contribution is 2.27. The zero-order valence-electron chi connectivity index (χ0n) is 15.1. The topological polar surface area (TPSA) is 88.7 Å². The molecule has 2 aromatic carbocycles. The average Bonchev–Trinajstić information content (AvgIpc) is 2.71. The van der Waals surface area contributed by atoms with Gasteiger partial charge in [-0.3, -0.25) is 25.8 Å². The number of hydrazine groups is 1. The summed E-state index contributed by atoms with van der Waals surface area (Å²) in [6.45, 7) is 0. The molecule has 3 N–H and O–H groups in total. The van der Waals surface area contributed by atoms with Crippen molar-refractivity contribution in [2.45, 2.75) is 0 Å². The average molecular weight is 403 g/mol. The lowest BCUT2D eigenvalue weighted by Gasteiger charge is -2.11. The van der Waals surface area contributed by atoms with Crippen LogP contribution in [0.1, 0.15) is 15.9 Å². The van der Waals surface area contributed by atoms with Crippen LogP contribution in [0.5, 0.6) is 11.5 Å². The van der Waals surface area contributed by atoms with E-state index < -0.39 is 11.8 Å². The fraction of sp³-hybridized carbons (Fsp3) is 0.105. The highest BCUT2D eigenvalue weighted by Gasteiger charge is 2.11. The Morgan fingerprint density at radius 3 is 2.32 bits per heavy atom. The Labute approximate surface area is 166 Å². The second kappa shape index (κ2) is 10.0. The number of methoxy groups -OCH3 is 2. The minimum atomic E-state index is -0.512. The smallest absolute Gasteiger partial charge is 0.269 e. The highest BCUT2D eigenvalue weighted by atomic mass is 32.1. The molecule has 0 heterocycles. The fourth-order valence-corrected chi connectivity index (χ4v) is 2.25. The van der Waals surface area contributed by atoms with E-state index in [1.807, 2.05) is 0 Å². The van der Waals surface area contributed by atoms with E-state index in [4.69, 9.17) is 21.7 Å². The predicted molar refractivity (Wildman–Crippen MR) is 106 cm³/mol. The first-order valence-corrected chi connectivity index (χ1v) is 8.40. The molecule has 7 nitrogen and oxygen atoms in total. The van der Waals surface area contributed by atoms with E-state index in [1.165, 1.54) is 56.7 Å². The van der Waals surface area contributed by atoms with Gasteiger partial charge in [-0.2, -0.15) is 0 Å². The minimum Gasteiger partial charge on any atom is -0.493 e. The number of ether oxygens (including phenoxy) is 2. The Bertz CT molecular complexity index is 901. The van der Waals surface area contributed by atoms with Gasteiger partial charge in [-0.15, -0.1) is 0 Å². The number of hydrogen-bond donors (Lipinski definition) is 3. The van der Waals surface area contributed by atoms with Crippen molar-refractivity contribution in [2.24, 2.45) is 0 Å². The van der Waals surface area contributed by atoms with Crippen LogP contribution in [0.2, 0.25) is 0 Å². The monoisotopic (exact) mass is 403 g/mol. The van der Waals surface area contributed by atoms with Crippen LogP contribution >= 0.6 is 12.2 Å². The van der Waals surface area contributed by atoms with Gasteiger partial charge in [0.15, 0.2) is 16.6 Å². The molecule has 2 rings (SSSR count). The molecule has 0 aromatic heterocycles. The minimum absolute atomic E-state index is 0.0948. The third-order valence-electron chi connectivity index (χ3n) is 3.47.